The van der Waals surface area contributed by atoms with Crippen LogP contribution < -0.4 is 15.8 Å². The lowest BCUT2D eigenvalue weighted by Gasteiger charge is -2.26. The number of aliphatic hydroxyl groups excluding tert-OH is 1. The Labute approximate surface area is 191 Å². The Morgan fingerprint density at radius 2 is 2.06 bits per heavy atom. The molecule has 1 saturated carbocycles. The fraction of sp³-hybridized carbons (Fsp3) is 0.700. The molecule has 1 aromatic heterocycles. The summed E-state index contributed by atoms with van der Waals surface area (Å²) >= 11 is 6.01. The van der Waals surface area contributed by atoms with Crippen molar-refractivity contribution in [3.8, 4) is 0 Å². The van der Waals surface area contributed by atoms with Crippen LogP contribution in [0.15, 0.2) is 0 Å². The van der Waals surface area contributed by atoms with Crippen molar-refractivity contribution in [2.75, 3.05) is 30.0 Å². The summed E-state index contributed by atoms with van der Waals surface area (Å²) in [7, 11) is 0. The van der Waals surface area contributed by atoms with Crippen molar-refractivity contribution in [1.29, 1.82) is 0 Å². The quantitative estimate of drug-likeness (QED) is 0.167. The summed E-state index contributed by atoms with van der Waals surface area (Å²) in [4.78, 5) is 33.2. The van der Waals surface area contributed by atoms with Crippen molar-refractivity contribution in [2.45, 2.75) is 57.4 Å². The fourth-order valence-corrected chi connectivity index (χ4v) is 4.81. The molecule has 178 valence electrons. The summed E-state index contributed by atoms with van der Waals surface area (Å²) in [6, 6.07) is -0.0578. The largest absolute Gasteiger partial charge is 0.396 e. The highest BCUT2D eigenvalue weighted by Gasteiger charge is 2.30. The van der Waals surface area contributed by atoms with Gasteiger partial charge in [-0.1, -0.05) is 25.7 Å². The molecular weight excluding hydrogens is 443 g/mol. The lowest BCUT2D eigenvalue weighted by atomic mass is 9.92. The van der Waals surface area contributed by atoms with E-state index in [2.05, 4.69) is 20.8 Å². The first kappa shape index (κ1) is 24.4. The minimum Gasteiger partial charge on any atom is -0.396 e. The fourth-order valence-electron chi connectivity index (χ4n) is 4.65. The molecule has 32 heavy (non-hydrogen) atoms. The lowest BCUT2D eigenvalue weighted by Crippen LogP contribution is -2.41. The monoisotopic (exact) mass is 472 g/mol. The van der Waals surface area contributed by atoms with Gasteiger partial charge in [-0.05, 0) is 43.2 Å². The van der Waals surface area contributed by atoms with Crippen molar-refractivity contribution < 1.29 is 24.3 Å². The molecule has 12 heteroatoms. The Morgan fingerprint density at radius 3 is 2.75 bits per heavy atom. The number of amides is 2. The van der Waals surface area contributed by atoms with E-state index in [1.807, 2.05) is 0 Å². The average molecular weight is 473 g/mol. The zero-order chi connectivity index (χ0) is 23.1. The molecule has 0 radical (unpaired) electrons. The SMILES string of the molecule is O=CN(O)CC(CC1CCCC1)C(=O)NNc1nc(Cl)nc(N2CCC[C@H]2CCO)c1F. The molecule has 10 nitrogen and oxygen atoms in total. The van der Waals surface area contributed by atoms with Crippen LogP contribution in [0.25, 0.3) is 0 Å². The van der Waals surface area contributed by atoms with Gasteiger partial charge in [0.25, 0.3) is 0 Å². The molecule has 2 fully saturated rings. The van der Waals surface area contributed by atoms with E-state index in [9.17, 15) is 19.9 Å². The minimum absolute atomic E-state index is 0.0164. The van der Waals surface area contributed by atoms with Crippen molar-refractivity contribution >= 4 is 35.6 Å². The zero-order valence-electron chi connectivity index (χ0n) is 17.8. The number of nitrogens with zero attached hydrogens (tertiary/aromatic N) is 4. The van der Waals surface area contributed by atoms with Gasteiger partial charge in [0.1, 0.15) is 0 Å². The van der Waals surface area contributed by atoms with Crippen LogP contribution in [-0.2, 0) is 9.59 Å². The second kappa shape index (κ2) is 11.6. The third-order valence-electron chi connectivity index (χ3n) is 6.21. The molecule has 1 unspecified atom stereocenters. The molecule has 4 N–H and O–H groups in total. The summed E-state index contributed by atoms with van der Waals surface area (Å²) in [6.07, 6.45) is 7.05. The number of aliphatic hydroxyl groups is 1. The first-order valence-electron chi connectivity index (χ1n) is 11.0. The Hall–Kier alpha value is -2.24. The molecule has 0 aromatic carbocycles. The van der Waals surface area contributed by atoms with E-state index >= 15 is 4.39 Å². The van der Waals surface area contributed by atoms with Gasteiger partial charge in [0.15, 0.2) is 11.6 Å². The van der Waals surface area contributed by atoms with Crippen molar-refractivity contribution in [2.24, 2.45) is 11.8 Å². The first-order chi connectivity index (χ1) is 15.4. The Balaban J connectivity index is 1.70. The second-order valence-electron chi connectivity index (χ2n) is 8.41. The number of hydrogen-bond acceptors (Lipinski definition) is 8. The van der Waals surface area contributed by atoms with Crippen LogP contribution in [0.5, 0.6) is 0 Å². The minimum atomic E-state index is -0.761. The predicted octanol–water partition coefficient (Wildman–Crippen LogP) is 2.11. The third kappa shape index (κ3) is 6.17. The molecule has 2 aliphatic rings. The zero-order valence-corrected chi connectivity index (χ0v) is 18.6. The van der Waals surface area contributed by atoms with Gasteiger partial charge in [-0.2, -0.15) is 14.4 Å². The number of aromatic nitrogens is 2. The van der Waals surface area contributed by atoms with Gasteiger partial charge < -0.3 is 10.0 Å². The van der Waals surface area contributed by atoms with Crippen molar-refractivity contribution in [3.05, 3.63) is 11.1 Å². The Kier molecular flexibility index (Phi) is 8.83. The maximum Gasteiger partial charge on any atom is 0.243 e. The van der Waals surface area contributed by atoms with E-state index < -0.39 is 17.6 Å². The molecule has 3 rings (SSSR count). The molecule has 1 saturated heterocycles. The van der Waals surface area contributed by atoms with Crippen LogP contribution in [0.3, 0.4) is 0 Å². The number of hydrazine groups is 1. The van der Waals surface area contributed by atoms with Crippen LogP contribution in [0, 0.1) is 17.7 Å². The Morgan fingerprint density at radius 1 is 1.31 bits per heavy atom. The molecule has 2 amide bonds. The standard InChI is InChI=1S/C20H30ClFN6O4/c21-20-23-17(16(22)18(24-20)28-8-3-6-15(28)7-9-29)25-26-19(31)14(11-27(32)12-30)10-13-4-1-2-5-13/h12-15,29,32H,1-11H2,(H,26,31)(H,23,24,25)/t14?,15-/m0/s1. The summed E-state index contributed by atoms with van der Waals surface area (Å²) in [5, 5.41) is 19.1. The van der Waals surface area contributed by atoms with E-state index in [1.54, 1.807) is 4.90 Å². The van der Waals surface area contributed by atoms with E-state index in [0.717, 1.165) is 38.5 Å². The highest BCUT2D eigenvalue weighted by atomic mass is 35.5. The average Bonchev–Trinajstić information content (AvgIpc) is 3.45. The number of rotatable bonds is 11. The van der Waals surface area contributed by atoms with E-state index in [0.29, 0.717) is 30.4 Å². The number of hydroxylamine groups is 2. The summed E-state index contributed by atoms with van der Waals surface area (Å²) in [5.74, 6) is -1.85. The highest BCUT2D eigenvalue weighted by molar-refractivity contribution is 6.28. The molecule has 1 aromatic rings. The van der Waals surface area contributed by atoms with Crippen LogP contribution in [0.1, 0.15) is 51.4 Å². The van der Waals surface area contributed by atoms with Crippen LogP contribution in [0.2, 0.25) is 5.28 Å². The first-order valence-corrected chi connectivity index (χ1v) is 11.4. The summed E-state index contributed by atoms with van der Waals surface area (Å²) in [5.41, 5.74) is 4.92. The van der Waals surface area contributed by atoms with Crippen LogP contribution in [0.4, 0.5) is 16.0 Å². The summed E-state index contributed by atoms with van der Waals surface area (Å²) in [6.45, 7) is 0.387. The van der Waals surface area contributed by atoms with Gasteiger partial charge in [-0.3, -0.25) is 25.6 Å². The van der Waals surface area contributed by atoms with E-state index in [1.165, 1.54) is 0 Å². The van der Waals surface area contributed by atoms with Gasteiger partial charge in [0.05, 0.1) is 12.5 Å². The maximum atomic E-state index is 15.2. The maximum absolute atomic E-state index is 15.2. The Bertz CT molecular complexity index is 798. The molecule has 1 aliphatic carbocycles. The van der Waals surface area contributed by atoms with Gasteiger partial charge in [-0.15, -0.1) is 0 Å². The topological polar surface area (TPSA) is 131 Å². The second-order valence-corrected chi connectivity index (χ2v) is 8.74. The normalized spacial score (nSPS) is 19.8. The summed E-state index contributed by atoms with van der Waals surface area (Å²) < 4.78 is 15.2. The number of carbonyl (C=O) groups excluding carboxylic acids is 2. The van der Waals surface area contributed by atoms with E-state index in [4.69, 9.17) is 11.6 Å². The van der Waals surface area contributed by atoms with Gasteiger partial charge >= 0.3 is 0 Å². The van der Waals surface area contributed by atoms with Crippen LogP contribution >= 0.6 is 11.6 Å². The highest BCUT2D eigenvalue weighted by Crippen LogP contribution is 2.32. The van der Waals surface area contributed by atoms with Crippen molar-refractivity contribution in [3.63, 3.8) is 0 Å². The molecule has 1 aliphatic heterocycles. The third-order valence-corrected chi connectivity index (χ3v) is 6.38. The molecule has 0 bridgehead atoms. The smallest absolute Gasteiger partial charge is 0.243 e. The van der Waals surface area contributed by atoms with Crippen molar-refractivity contribution in [1.82, 2.24) is 20.5 Å². The number of carbonyl (C=O) groups is 2. The molecule has 2 heterocycles. The van der Waals surface area contributed by atoms with Gasteiger partial charge in [0, 0.05) is 19.2 Å². The number of halogens is 2. The molecular formula is C20H30ClFN6O4. The molecule has 0 spiro atoms. The van der Waals surface area contributed by atoms with Gasteiger partial charge in [0.2, 0.25) is 23.4 Å². The van der Waals surface area contributed by atoms with Gasteiger partial charge in [-0.25, -0.2) is 5.06 Å². The number of hydrogen-bond donors (Lipinski definition) is 4. The van der Waals surface area contributed by atoms with Crippen LogP contribution in [-0.4, -0.2) is 63.4 Å². The molecule has 2 atom stereocenters. The number of nitrogens with one attached hydrogen (secondary N) is 2. The lowest BCUT2D eigenvalue weighted by molar-refractivity contribution is -0.154. The van der Waals surface area contributed by atoms with E-state index in [-0.39, 0.29) is 42.5 Å². The number of anilines is 2. The predicted molar refractivity (Wildman–Crippen MR) is 115 cm³/mol.